The molecule has 1 aromatic carbocycles. The van der Waals surface area contributed by atoms with E-state index < -0.39 is 0 Å². The predicted octanol–water partition coefficient (Wildman–Crippen LogP) is 3.22. The normalized spacial score (nSPS) is 17.5. The lowest BCUT2D eigenvalue weighted by Crippen LogP contribution is -2.42. The van der Waals surface area contributed by atoms with Gasteiger partial charge in [-0.25, -0.2) is 4.39 Å². The first-order valence-corrected chi connectivity index (χ1v) is 9.17. The summed E-state index contributed by atoms with van der Waals surface area (Å²) in [6.45, 7) is 3.50. The van der Waals surface area contributed by atoms with Crippen molar-refractivity contribution in [3.05, 3.63) is 35.6 Å². The number of nitrogens with zero attached hydrogens (tertiary/aromatic N) is 2. The fourth-order valence-electron chi connectivity index (χ4n) is 2.62. The molecule has 1 heterocycles. The van der Waals surface area contributed by atoms with Gasteiger partial charge in [0.15, 0.2) is 5.96 Å². The van der Waals surface area contributed by atoms with Gasteiger partial charge in [0.25, 0.3) is 0 Å². The zero-order chi connectivity index (χ0) is 16.5. The second kappa shape index (κ2) is 11.9. The second-order valence-electron chi connectivity index (χ2n) is 5.73. The molecule has 2 rings (SSSR count). The Morgan fingerprint density at radius 3 is 2.92 bits per heavy atom. The van der Waals surface area contributed by atoms with E-state index in [4.69, 9.17) is 4.74 Å². The summed E-state index contributed by atoms with van der Waals surface area (Å²) in [5.74, 6) is 2.98. The third-order valence-corrected chi connectivity index (χ3v) is 4.88. The molecule has 0 aromatic heterocycles. The van der Waals surface area contributed by atoms with Crippen molar-refractivity contribution in [3.8, 4) is 0 Å². The summed E-state index contributed by atoms with van der Waals surface area (Å²) >= 11 is 1.72. The van der Waals surface area contributed by atoms with Crippen molar-refractivity contribution >= 4 is 41.7 Å². The Bertz CT molecular complexity index is 512. The molecule has 1 fully saturated rings. The Hall–Kier alpha value is -0.540. The van der Waals surface area contributed by atoms with Crippen LogP contribution in [0.3, 0.4) is 0 Å². The van der Waals surface area contributed by atoms with Crippen LogP contribution in [-0.2, 0) is 10.5 Å². The van der Waals surface area contributed by atoms with Crippen molar-refractivity contribution < 1.29 is 9.13 Å². The van der Waals surface area contributed by atoms with Crippen LogP contribution in [0.5, 0.6) is 0 Å². The zero-order valence-corrected chi connectivity index (χ0v) is 17.5. The lowest BCUT2D eigenvalue weighted by molar-refractivity contribution is 0.181. The molecule has 136 valence electrons. The fourth-order valence-corrected chi connectivity index (χ4v) is 3.46. The number of halogens is 2. The van der Waals surface area contributed by atoms with Gasteiger partial charge in [-0.2, -0.15) is 11.8 Å². The van der Waals surface area contributed by atoms with E-state index in [0.717, 1.165) is 50.0 Å². The van der Waals surface area contributed by atoms with Crippen LogP contribution in [0.4, 0.5) is 4.39 Å². The number of ether oxygens (including phenoxy) is 1. The number of guanidine groups is 1. The number of nitrogens with one attached hydrogen (secondary N) is 1. The van der Waals surface area contributed by atoms with Gasteiger partial charge in [-0.3, -0.25) is 4.99 Å². The third-order valence-electron chi connectivity index (χ3n) is 3.87. The Morgan fingerprint density at radius 2 is 2.25 bits per heavy atom. The SMILES string of the molecule is CN=C(NCCSCc1ccccc1F)N(C)CC1CCOC1.I. The molecular formula is C17H27FIN3OS. The lowest BCUT2D eigenvalue weighted by Gasteiger charge is -2.24. The van der Waals surface area contributed by atoms with Gasteiger partial charge in [0.2, 0.25) is 0 Å². The van der Waals surface area contributed by atoms with Gasteiger partial charge in [0.05, 0.1) is 6.61 Å². The van der Waals surface area contributed by atoms with Crippen molar-refractivity contribution in [2.24, 2.45) is 10.9 Å². The molecule has 1 unspecified atom stereocenters. The first-order valence-electron chi connectivity index (χ1n) is 8.01. The summed E-state index contributed by atoms with van der Waals surface area (Å²) in [7, 11) is 3.86. The van der Waals surface area contributed by atoms with E-state index in [0.29, 0.717) is 11.7 Å². The highest BCUT2D eigenvalue weighted by atomic mass is 127. The highest BCUT2D eigenvalue weighted by Crippen LogP contribution is 2.15. The van der Waals surface area contributed by atoms with Crippen LogP contribution in [0.2, 0.25) is 0 Å². The van der Waals surface area contributed by atoms with Crippen LogP contribution in [-0.4, -0.2) is 57.0 Å². The number of benzene rings is 1. The molecule has 0 saturated carbocycles. The van der Waals surface area contributed by atoms with Gasteiger partial charge in [-0.05, 0) is 18.1 Å². The van der Waals surface area contributed by atoms with E-state index in [1.165, 1.54) is 6.07 Å². The molecule has 4 nitrogen and oxygen atoms in total. The first-order chi connectivity index (χ1) is 11.2. The van der Waals surface area contributed by atoms with Crippen LogP contribution < -0.4 is 5.32 Å². The van der Waals surface area contributed by atoms with E-state index in [1.807, 2.05) is 12.1 Å². The van der Waals surface area contributed by atoms with Crippen molar-refractivity contribution in [3.63, 3.8) is 0 Å². The summed E-state index contributed by atoms with van der Waals surface area (Å²) in [4.78, 5) is 6.47. The minimum atomic E-state index is -0.123. The maximum absolute atomic E-state index is 13.5. The monoisotopic (exact) mass is 467 g/mol. The highest BCUT2D eigenvalue weighted by Gasteiger charge is 2.18. The first kappa shape index (κ1) is 21.5. The third kappa shape index (κ3) is 7.14. The highest BCUT2D eigenvalue weighted by molar-refractivity contribution is 14.0. The smallest absolute Gasteiger partial charge is 0.193 e. The summed E-state index contributed by atoms with van der Waals surface area (Å²) in [5.41, 5.74) is 0.764. The average Bonchev–Trinajstić information content (AvgIpc) is 3.05. The van der Waals surface area contributed by atoms with E-state index in [2.05, 4.69) is 22.3 Å². The fraction of sp³-hybridized carbons (Fsp3) is 0.588. The largest absolute Gasteiger partial charge is 0.381 e. The molecule has 0 radical (unpaired) electrons. The predicted molar refractivity (Wildman–Crippen MR) is 111 cm³/mol. The van der Waals surface area contributed by atoms with Gasteiger partial charge >= 0.3 is 0 Å². The molecule has 0 spiro atoms. The van der Waals surface area contributed by atoms with Gasteiger partial charge in [0.1, 0.15) is 5.82 Å². The van der Waals surface area contributed by atoms with Crippen LogP contribution >= 0.6 is 35.7 Å². The molecule has 1 saturated heterocycles. The molecular weight excluding hydrogens is 440 g/mol. The minimum absolute atomic E-state index is 0. The molecule has 0 amide bonds. The lowest BCUT2D eigenvalue weighted by atomic mass is 10.1. The van der Waals surface area contributed by atoms with E-state index in [1.54, 1.807) is 24.9 Å². The van der Waals surface area contributed by atoms with Gasteiger partial charge < -0.3 is 15.0 Å². The molecule has 0 bridgehead atoms. The quantitative estimate of drug-likeness (QED) is 0.289. The van der Waals surface area contributed by atoms with Gasteiger partial charge in [-0.15, -0.1) is 24.0 Å². The van der Waals surface area contributed by atoms with E-state index in [-0.39, 0.29) is 29.8 Å². The molecule has 0 aliphatic carbocycles. The van der Waals surface area contributed by atoms with Crippen LogP contribution in [0.25, 0.3) is 0 Å². The summed E-state index contributed by atoms with van der Waals surface area (Å²) in [6.07, 6.45) is 1.12. The van der Waals surface area contributed by atoms with Crippen LogP contribution in [0.1, 0.15) is 12.0 Å². The number of rotatable bonds is 7. The average molecular weight is 467 g/mol. The molecule has 1 aliphatic heterocycles. The maximum atomic E-state index is 13.5. The number of aliphatic imine (C=N–C) groups is 1. The number of hydrogen-bond donors (Lipinski definition) is 1. The molecule has 1 atom stereocenters. The summed E-state index contributed by atoms with van der Waals surface area (Å²) in [6, 6.07) is 6.95. The topological polar surface area (TPSA) is 36.9 Å². The van der Waals surface area contributed by atoms with Crippen LogP contribution in [0.15, 0.2) is 29.3 Å². The van der Waals surface area contributed by atoms with Crippen molar-refractivity contribution in [1.82, 2.24) is 10.2 Å². The molecule has 1 aliphatic rings. The summed E-state index contributed by atoms with van der Waals surface area (Å²) < 4.78 is 18.9. The molecule has 1 aromatic rings. The van der Waals surface area contributed by atoms with E-state index >= 15 is 0 Å². The minimum Gasteiger partial charge on any atom is -0.381 e. The van der Waals surface area contributed by atoms with Gasteiger partial charge in [0, 0.05) is 51.2 Å². The Morgan fingerprint density at radius 1 is 1.46 bits per heavy atom. The Labute approximate surface area is 165 Å². The van der Waals surface area contributed by atoms with Crippen molar-refractivity contribution in [1.29, 1.82) is 0 Å². The maximum Gasteiger partial charge on any atom is 0.193 e. The zero-order valence-electron chi connectivity index (χ0n) is 14.3. The van der Waals surface area contributed by atoms with E-state index in [9.17, 15) is 4.39 Å². The number of thioether (sulfide) groups is 1. The number of hydrogen-bond acceptors (Lipinski definition) is 3. The molecule has 1 N–H and O–H groups in total. The van der Waals surface area contributed by atoms with Crippen molar-refractivity contribution in [2.45, 2.75) is 12.2 Å². The standard InChI is InChI=1S/C17H26FN3OS.HI/c1-19-17(21(2)11-14-7-9-22-12-14)20-8-10-23-13-15-5-3-4-6-16(15)18;/h3-6,14H,7-13H2,1-2H3,(H,19,20);1H. The Kier molecular flexibility index (Phi) is 10.7. The second-order valence-corrected chi connectivity index (χ2v) is 6.83. The summed E-state index contributed by atoms with van der Waals surface area (Å²) in [5, 5.41) is 3.36. The van der Waals surface area contributed by atoms with Gasteiger partial charge in [-0.1, -0.05) is 18.2 Å². The van der Waals surface area contributed by atoms with Crippen LogP contribution in [0, 0.1) is 11.7 Å². The van der Waals surface area contributed by atoms with Crippen molar-refractivity contribution in [2.75, 3.05) is 46.2 Å². The molecule has 24 heavy (non-hydrogen) atoms. The Balaban J connectivity index is 0.00000288. The molecule has 7 heteroatoms.